The first-order valence-corrected chi connectivity index (χ1v) is 9.41. The normalized spacial score (nSPS) is 18.0. The quantitative estimate of drug-likeness (QED) is 0.628. The molecule has 0 spiro atoms. The Bertz CT molecular complexity index is 799. The second-order valence-electron chi connectivity index (χ2n) is 6.99. The molecule has 0 radical (unpaired) electrons. The molecule has 1 aromatic carbocycles. The number of rotatable bonds is 4. The minimum atomic E-state index is -0.300. The summed E-state index contributed by atoms with van der Waals surface area (Å²) >= 11 is 6.54. The van der Waals surface area contributed by atoms with Gasteiger partial charge in [0.1, 0.15) is 4.32 Å². The van der Waals surface area contributed by atoms with E-state index in [0.29, 0.717) is 20.7 Å². The largest absolute Gasteiger partial charge is 0.454 e. The third kappa shape index (κ3) is 4.37. The van der Waals surface area contributed by atoms with Crippen molar-refractivity contribution in [3.05, 3.63) is 28.7 Å². The molecule has 0 aromatic heterocycles. The van der Waals surface area contributed by atoms with Crippen molar-refractivity contribution in [1.29, 1.82) is 0 Å². The molecule has 2 amide bonds. The third-order valence-corrected chi connectivity index (χ3v) is 5.02. The van der Waals surface area contributed by atoms with Crippen LogP contribution in [0.2, 0.25) is 0 Å². The van der Waals surface area contributed by atoms with Gasteiger partial charge in [-0.15, -0.1) is 0 Å². The van der Waals surface area contributed by atoms with E-state index in [1.54, 1.807) is 6.08 Å². The van der Waals surface area contributed by atoms with Gasteiger partial charge in [0.05, 0.1) is 4.91 Å². The Morgan fingerprint density at radius 1 is 1.35 bits per heavy atom. The summed E-state index contributed by atoms with van der Waals surface area (Å²) in [7, 11) is 0. The maximum atomic E-state index is 12.6. The van der Waals surface area contributed by atoms with Crippen LogP contribution in [-0.4, -0.2) is 39.9 Å². The van der Waals surface area contributed by atoms with Crippen LogP contribution in [0.5, 0.6) is 11.5 Å². The highest BCUT2D eigenvalue weighted by molar-refractivity contribution is 8.26. The van der Waals surface area contributed by atoms with Gasteiger partial charge < -0.3 is 14.8 Å². The summed E-state index contributed by atoms with van der Waals surface area (Å²) in [5.74, 6) is 1.07. The van der Waals surface area contributed by atoms with Crippen LogP contribution in [0.1, 0.15) is 32.8 Å². The first-order valence-electron chi connectivity index (χ1n) is 8.19. The highest BCUT2D eigenvalue weighted by Crippen LogP contribution is 2.36. The van der Waals surface area contributed by atoms with Gasteiger partial charge in [0.25, 0.3) is 5.91 Å². The van der Waals surface area contributed by atoms with Crippen LogP contribution in [0.3, 0.4) is 0 Å². The first kappa shape index (κ1) is 18.7. The van der Waals surface area contributed by atoms with E-state index >= 15 is 0 Å². The van der Waals surface area contributed by atoms with Gasteiger partial charge in [-0.05, 0) is 44.5 Å². The lowest BCUT2D eigenvalue weighted by molar-refractivity contribution is -0.124. The fraction of sp³-hybridized carbons (Fsp3) is 0.389. The molecule has 2 aliphatic rings. The van der Waals surface area contributed by atoms with Gasteiger partial charge in [-0.2, -0.15) is 0 Å². The zero-order valence-corrected chi connectivity index (χ0v) is 16.5. The molecule has 26 heavy (non-hydrogen) atoms. The summed E-state index contributed by atoms with van der Waals surface area (Å²) < 4.78 is 11.1. The van der Waals surface area contributed by atoms with Gasteiger partial charge in [0.15, 0.2) is 11.5 Å². The maximum absolute atomic E-state index is 12.6. The van der Waals surface area contributed by atoms with Crippen molar-refractivity contribution < 1.29 is 19.1 Å². The number of carbonyl (C=O) groups excluding carboxylic acids is 2. The number of nitrogens with one attached hydrogen (secondary N) is 1. The molecule has 0 unspecified atom stereocenters. The molecule has 1 saturated heterocycles. The van der Waals surface area contributed by atoms with Crippen LogP contribution in [-0.2, 0) is 9.59 Å². The zero-order valence-electron chi connectivity index (χ0n) is 14.8. The number of hydrogen-bond donors (Lipinski definition) is 1. The topological polar surface area (TPSA) is 67.9 Å². The number of ether oxygens (including phenoxy) is 2. The molecule has 0 atom stereocenters. The van der Waals surface area contributed by atoms with Gasteiger partial charge in [-0.25, -0.2) is 0 Å². The highest BCUT2D eigenvalue weighted by atomic mass is 32.2. The monoisotopic (exact) mass is 392 g/mol. The molecule has 2 aliphatic heterocycles. The van der Waals surface area contributed by atoms with E-state index in [1.165, 1.54) is 16.7 Å². The maximum Gasteiger partial charge on any atom is 0.266 e. The minimum Gasteiger partial charge on any atom is -0.454 e. The highest BCUT2D eigenvalue weighted by Gasteiger charge is 2.32. The molecule has 1 aromatic rings. The number of amides is 2. The lowest BCUT2D eigenvalue weighted by Gasteiger charge is -2.21. The minimum absolute atomic E-state index is 0.105. The fourth-order valence-electron chi connectivity index (χ4n) is 2.54. The molecule has 0 bridgehead atoms. The van der Waals surface area contributed by atoms with Crippen LogP contribution in [0.15, 0.2) is 23.1 Å². The Kier molecular flexibility index (Phi) is 5.24. The summed E-state index contributed by atoms with van der Waals surface area (Å²) in [4.78, 5) is 26.6. The Morgan fingerprint density at radius 2 is 2.08 bits per heavy atom. The second kappa shape index (κ2) is 7.28. The third-order valence-electron chi connectivity index (χ3n) is 3.64. The number of hydrogen-bond acceptors (Lipinski definition) is 6. The molecular formula is C18H20N2O4S2. The SMILES string of the molecule is CC(C)(C)NC(=O)CCN1C(=O)/C(=C/c2ccc3c(c2)OCO3)SC1=S. The number of nitrogens with zero attached hydrogens (tertiary/aromatic N) is 1. The van der Waals surface area contributed by atoms with Crippen molar-refractivity contribution >= 4 is 46.2 Å². The molecule has 2 heterocycles. The van der Waals surface area contributed by atoms with Gasteiger partial charge >= 0.3 is 0 Å². The number of thiocarbonyl (C=S) groups is 1. The average Bonchev–Trinajstić information content (AvgIpc) is 3.09. The zero-order chi connectivity index (χ0) is 18.9. The van der Waals surface area contributed by atoms with Gasteiger partial charge in [-0.3, -0.25) is 14.5 Å². The number of benzene rings is 1. The van der Waals surface area contributed by atoms with Crippen molar-refractivity contribution in [2.75, 3.05) is 13.3 Å². The Labute approximate surface area is 161 Å². The molecule has 1 N–H and O–H groups in total. The Hall–Kier alpha value is -2.06. The van der Waals surface area contributed by atoms with Gasteiger partial charge in [0.2, 0.25) is 12.7 Å². The molecule has 0 saturated carbocycles. The van der Waals surface area contributed by atoms with Gasteiger partial charge in [0, 0.05) is 18.5 Å². The molecule has 3 rings (SSSR count). The van der Waals surface area contributed by atoms with E-state index in [9.17, 15) is 9.59 Å². The predicted molar refractivity (Wildman–Crippen MR) is 105 cm³/mol. The predicted octanol–water partition coefficient (Wildman–Crippen LogP) is 2.92. The van der Waals surface area contributed by atoms with E-state index < -0.39 is 0 Å². The molecule has 0 aliphatic carbocycles. The van der Waals surface area contributed by atoms with Crippen LogP contribution in [0.25, 0.3) is 6.08 Å². The van der Waals surface area contributed by atoms with Crippen molar-refractivity contribution in [2.45, 2.75) is 32.7 Å². The Morgan fingerprint density at radius 3 is 2.81 bits per heavy atom. The Balaban J connectivity index is 1.66. The van der Waals surface area contributed by atoms with E-state index in [4.69, 9.17) is 21.7 Å². The molecule has 6 nitrogen and oxygen atoms in total. The average molecular weight is 393 g/mol. The van der Waals surface area contributed by atoms with Crippen LogP contribution < -0.4 is 14.8 Å². The van der Waals surface area contributed by atoms with Crippen LogP contribution in [0.4, 0.5) is 0 Å². The van der Waals surface area contributed by atoms with E-state index in [-0.39, 0.29) is 37.1 Å². The lowest BCUT2D eigenvalue weighted by atomic mass is 10.1. The lowest BCUT2D eigenvalue weighted by Crippen LogP contribution is -2.42. The first-order chi connectivity index (χ1) is 12.2. The smallest absolute Gasteiger partial charge is 0.266 e. The summed E-state index contributed by atoms with van der Waals surface area (Å²) in [6.45, 7) is 6.22. The molecule has 8 heteroatoms. The van der Waals surface area contributed by atoms with Crippen LogP contribution >= 0.6 is 24.0 Å². The second-order valence-corrected chi connectivity index (χ2v) is 8.67. The van der Waals surface area contributed by atoms with Crippen molar-refractivity contribution in [3.8, 4) is 11.5 Å². The van der Waals surface area contributed by atoms with Crippen molar-refractivity contribution in [2.24, 2.45) is 0 Å². The molecule has 1 fully saturated rings. The van der Waals surface area contributed by atoms with Crippen molar-refractivity contribution in [1.82, 2.24) is 10.2 Å². The summed E-state index contributed by atoms with van der Waals surface area (Å²) in [6, 6.07) is 5.49. The number of thioether (sulfide) groups is 1. The summed E-state index contributed by atoms with van der Waals surface area (Å²) in [5.41, 5.74) is 0.534. The van der Waals surface area contributed by atoms with E-state index in [0.717, 1.165) is 5.56 Å². The molecule has 138 valence electrons. The van der Waals surface area contributed by atoms with E-state index in [2.05, 4.69) is 5.32 Å². The summed E-state index contributed by atoms with van der Waals surface area (Å²) in [6.07, 6.45) is 1.98. The van der Waals surface area contributed by atoms with Crippen LogP contribution in [0, 0.1) is 0 Å². The number of carbonyl (C=O) groups is 2. The number of fused-ring (bicyclic) bond motifs is 1. The standard InChI is InChI=1S/C18H20N2O4S2/c1-18(2,3)19-15(21)6-7-20-16(22)14(26-17(20)25)9-11-4-5-12-13(8-11)24-10-23-12/h4-5,8-9H,6-7,10H2,1-3H3,(H,19,21)/b14-9-. The van der Waals surface area contributed by atoms with E-state index in [1.807, 2.05) is 39.0 Å². The fourth-order valence-corrected chi connectivity index (χ4v) is 3.85. The molecular weight excluding hydrogens is 372 g/mol. The summed E-state index contributed by atoms with van der Waals surface area (Å²) in [5, 5.41) is 2.88. The van der Waals surface area contributed by atoms with Gasteiger partial charge in [-0.1, -0.05) is 30.0 Å². The van der Waals surface area contributed by atoms with Crippen molar-refractivity contribution in [3.63, 3.8) is 0 Å².